The summed E-state index contributed by atoms with van der Waals surface area (Å²) in [4.78, 5) is 11.8. The number of hydrogen-bond acceptors (Lipinski definition) is 2. The lowest BCUT2D eigenvalue weighted by atomic mass is 9.65. The summed E-state index contributed by atoms with van der Waals surface area (Å²) in [6, 6.07) is 0. The molecule has 0 radical (unpaired) electrons. The van der Waals surface area contributed by atoms with E-state index in [1.807, 2.05) is 0 Å². The van der Waals surface area contributed by atoms with Gasteiger partial charge in [0.05, 0.1) is 0 Å². The Kier molecular flexibility index (Phi) is 11.8. The first-order valence-corrected chi connectivity index (χ1v) is 15.9. The highest BCUT2D eigenvalue weighted by molar-refractivity contribution is 5.38. The van der Waals surface area contributed by atoms with Gasteiger partial charge in [0.2, 0.25) is 0 Å². The van der Waals surface area contributed by atoms with E-state index in [1.54, 1.807) is 5.57 Å². The Labute approximate surface area is 257 Å². The van der Waals surface area contributed by atoms with E-state index in [0.717, 1.165) is 12.0 Å². The third-order valence-electron chi connectivity index (χ3n) is 9.18. The second-order valence-electron chi connectivity index (χ2n) is 14.2. The van der Waals surface area contributed by atoms with Gasteiger partial charge in [-0.2, -0.15) is 0 Å². The first kappa shape index (κ1) is 33.8. The Morgan fingerprint density at radius 2 is 1.29 bits per heavy atom. The summed E-state index contributed by atoms with van der Waals surface area (Å²) in [5, 5.41) is 0. The zero-order valence-corrected chi connectivity index (χ0v) is 28.1. The van der Waals surface area contributed by atoms with Crippen LogP contribution in [0.5, 0.6) is 0 Å². The van der Waals surface area contributed by atoms with Gasteiger partial charge in [-0.15, -0.1) is 0 Å². The van der Waals surface area contributed by atoms with E-state index in [4.69, 9.17) is 9.78 Å². The molecule has 1 fully saturated rings. The molecule has 2 nitrogen and oxygen atoms in total. The highest BCUT2D eigenvalue weighted by Crippen LogP contribution is 2.50. The smallest absolute Gasteiger partial charge is 0.133 e. The second kappa shape index (κ2) is 14.7. The average molecular weight is 569 g/mol. The number of hydrogen-bond donors (Lipinski definition) is 0. The van der Waals surface area contributed by atoms with Gasteiger partial charge in [0.25, 0.3) is 0 Å². The summed E-state index contributed by atoms with van der Waals surface area (Å²) in [7, 11) is 0. The standard InChI is InChI=1S/C40H56O2/c1-30(19-13-20-32(3)24-25-35-33(4)23-15-26-38(35,6)7)17-11-12-18-31(2)21-14-22-34(5)36-29-37-39(8,9)27-16-28-40(37,10)42-41-36/h11-14,17-22,24-25,29,36H,15-16,23,26-28H2,1-10H3/b12-11+,19-13+,21-14+,25-24+,30-17+,31-18+,32-20+,34-22+/t36-,40+/m1/s1. The highest BCUT2D eigenvalue weighted by atomic mass is 17.2. The van der Waals surface area contributed by atoms with Crippen LogP contribution in [0, 0.1) is 10.8 Å². The van der Waals surface area contributed by atoms with Crippen LogP contribution in [0.25, 0.3) is 0 Å². The molecule has 42 heavy (non-hydrogen) atoms. The highest BCUT2D eigenvalue weighted by Gasteiger charge is 2.46. The third-order valence-corrected chi connectivity index (χ3v) is 9.18. The molecule has 2 atom stereocenters. The minimum absolute atomic E-state index is 0.138. The molecule has 2 heteroatoms. The fourth-order valence-electron chi connectivity index (χ4n) is 6.49. The molecule has 0 spiro atoms. The summed E-state index contributed by atoms with van der Waals surface area (Å²) < 4.78 is 0. The van der Waals surface area contributed by atoms with Crippen LogP contribution in [0.3, 0.4) is 0 Å². The molecule has 1 heterocycles. The molecule has 0 aromatic heterocycles. The van der Waals surface area contributed by atoms with Gasteiger partial charge < -0.3 is 0 Å². The van der Waals surface area contributed by atoms with E-state index in [1.165, 1.54) is 60.0 Å². The first-order chi connectivity index (χ1) is 19.7. The zero-order valence-electron chi connectivity index (χ0n) is 28.1. The van der Waals surface area contributed by atoms with Crippen molar-refractivity contribution in [1.82, 2.24) is 0 Å². The zero-order chi connectivity index (χ0) is 31.0. The Hall–Kier alpha value is -2.68. The van der Waals surface area contributed by atoms with Crippen LogP contribution in [0.1, 0.15) is 108 Å². The Morgan fingerprint density at radius 1 is 0.714 bits per heavy atom. The van der Waals surface area contributed by atoms with Gasteiger partial charge in [0.15, 0.2) is 0 Å². The second-order valence-corrected chi connectivity index (χ2v) is 14.2. The number of rotatable bonds is 9. The van der Waals surface area contributed by atoms with Crippen molar-refractivity contribution in [2.24, 2.45) is 10.8 Å². The largest absolute Gasteiger partial charge is 0.225 e. The van der Waals surface area contributed by atoms with Crippen LogP contribution < -0.4 is 0 Å². The number of allylic oxidation sites excluding steroid dienone is 17. The Morgan fingerprint density at radius 3 is 1.93 bits per heavy atom. The van der Waals surface area contributed by atoms with Gasteiger partial charge in [0.1, 0.15) is 11.7 Å². The molecule has 0 bridgehead atoms. The van der Waals surface area contributed by atoms with Gasteiger partial charge in [-0.1, -0.05) is 123 Å². The van der Waals surface area contributed by atoms with Gasteiger partial charge in [-0.25, -0.2) is 9.78 Å². The lowest BCUT2D eigenvalue weighted by Crippen LogP contribution is -2.46. The van der Waals surface area contributed by atoms with E-state index >= 15 is 0 Å². The van der Waals surface area contributed by atoms with Crippen molar-refractivity contribution in [2.45, 2.75) is 119 Å². The van der Waals surface area contributed by atoms with Crippen LogP contribution in [0.15, 0.2) is 118 Å². The van der Waals surface area contributed by atoms with Crippen LogP contribution in [0.4, 0.5) is 0 Å². The molecule has 3 rings (SSSR count). The van der Waals surface area contributed by atoms with E-state index < -0.39 is 0 Å². The molecule has 3 aliphatic rings. The summed E-state index contributed by atoms with van der Waals surface area (Å²) in [5.74, 6) is 0. The minimum Gasteiger partial charge on any atom is -0.225 e. The van der Waals surface area contributed by atoms with Crippen LogP contribution >= 0.6 is 0 Å². The van der Waals surface area contributed by atoms with Gasteiger partial charge in [-0.3, -0.25) is 0 Å². The van der Waals surface area contributed by atoms with E-state index in [-0.39, 0.29) is 22.5 Å². The first-order valence-electron chi connectivity index (χ1n) is 15.9. The predicted octanol–water partition coefficient (Wildman–Crippen LogP) is 11.7. The van der Waals surface area contributed by atoms with Crippen molar-refractivity contribution < 1.29 is 9.78 Å². The predicted molar refractivity (Wildman–Crippen MR) is 182 cm³/mol. The minimum atomic E-state index is -0.293. The normalized spacial score (nSPS) is 28.0. The van der Waals surface area contributed by atoms with Crippen LogP contribution in [-0.4, -0.2) is 11.7 Å². The van der Waals surface area contributed by atoms with Gasteiger partial charge in [0, 0.05) is 0 Å². The molecule has 228 valence electrons. The summed E-state index contributed by atoms with van der Waals surface area (Å²) in [6.45, 7) is 22.4. The van der Waals surface area contributed by atoms with Gasteiger partial charge in [-0.05, 0) is 114 Å². The topological polar surface area (TPSA) is 18.5 Å². The SMILES string of the molecule is CC1=C(/C=C/C(C)=C/C=C/C(C)=C/C=C/C=C(C)/C=C/C=C(\C)[C@H]2C=C3C(C)(C)CCC[C@]3(C)OO2)C(C)(C)CCC1. The molecular weight excluding hydrogens is 512 g/mol. The molecule has 0 saturated heterocycles. The maximum absolute atomic E-state index is 5.96. The molecular formula is C40H56O2. The summed E-state index contributed by atoms with van der Waals surface area (Å²) >= 11 is 0. The molecule has 2 aliphatic carbocycles. The fourth-order valence-corrected chi connectivity index (χ4v) is 6.49. The summed E-state index contributed by atoms with van der Waals surface area (Å²) in [6.07, 6.45) is 35.2. The van der Waals surface area contributed by atoms with Crippen molar-refractivity contribution in [3.63, 3.8) is 0 Å². The van der Waals surface area contributed by atoms with Crippen molar-refractivity contribution in [3.05, 3.63) is 118 Å². The lowest BCUT2D eigenvalue weighted by Gasteiger charge is -2.47. The molecule has 0 unspecified atom stereocenters. The third kappa shape index (κ3) is 9.41. The van der Waals surface area contributed by atoms with E-state index in [2.05, 4.69) is 148 Å². The maximum Gasteiger partial charge on any atom is 0.133 e. The molecule has 0 aromatic carbocycles. The summed E-state index contributed by atoms with van der Waals surface area (Å²) in [5.41, 5.74) is 9.38. The lowest BCUT2D eigenvalue weighted by molar-refractivity contribution is -0.372. The van der Waals surface area contributed by atoms with Crippen LogP contribution in [-0.2, 0) is 9.78 Å². The molecule has 0 N–H and O–H groups in total. The van der Waals surface area contributed by atoms with E-state index in [9.17, 15) is 0 Å². The number of fused-ring (bicyclic) bond motifs is 1. The quantitative estimate of drug-likeness (QED) is 0.156. The van der Waals surface area contributed by atoms with Crippen molar-refractivity contribution in [1.29, 1.82) is 0 Å². The maximum atomic E-state index is 5.96. The van der Waals surface area contributed by atoms with Crippen molar-refractivity contribution in [3.8, 4) is 0 Å². The van der Waals surface area contributed by atoms with Crippen molar-refractivity contribution in [2.75, 3.05) is 0 Å². The van der Waals surface area contributed by atoms with E-state index in [0.29, 0.717) is 0 Å². The fraction of sp³-hybridized carbons (Fsp3) is 0.500. The molecule has 1 saturated carbocycles. The Bertz CT molecular complexity index is 1280. The molecule has 0 aromatic rings. The van der Waals surface area contributed by atoms with Crippen LogP contribution in [0.2, 0.25) is 0 Å². The Balaban J connectivity index is 1.52. The monoisotopic (exact) mass is 568 g/mol. The van der Waals surface area contributed by atoms with Crippen molar-refractivity contribution >= 4 is 0 Å². The average Bonchev–Trinajstić information content (AvgIpc) is 2.90. The van der Waals surface area contributed by atoms with Gasteiger partial charge >= 0.3 is 0 Å². The molecule has 0 amide bonds. The molecule has 1 aliphatic heterocycles.